The Kier molecular flexibility index (Phi) is 4.02. The van der Waals surface area contributed by atoms with E-state index in [1.807, 2.05) is 6.07 Å². The molecule has 2 aliphatic heterocycles. The fourth-order valence-electron chi connectivity index (χ4n) is 3.32. The Labute approximate surface area is 115 Å². The number of anilines is 1. The minimum atomic E-state index is -0.0387. The van der Waals surface area contributed by atoms with Crippen LogP contribution in [0.15, 0.2) is 18.2 Å². The second-order valence-electron chi connectivity index (χ2n) is 5.90. The van der Waals surface area contributed by atoms with E-state index in [2.05, 4.69) is 16.3 Å². The van der Waals surface area contributed by atoms with Gasteiger partial charge in [-0.2, -0.15) is 0 Å². The first-order valence-electron chi connectivity index (χ1n) is 7.57. The predicted molar refractivity (Wildman–Crippen MR) is 77.1 cm³/mol. The lowest BCUT2D eigenvalue weighted by molar-refractivity contribution is 0.375. The molecule has 2 heterocycles. The third kappa shape index (κ3) is 3.08. The molecule has 0 radical (unpaired) electrons. The molecule has 1 unspecified atom stereocenters. The van der Waals surface area contributed by atoms with E-state index in [0.29, 0.717) is 5.92 Å². The van der Waals surface area contributed by atoms with Gasteiger partial charge in [0.2, 0.25) is 0 Å². The van der Waals surface area contributed by atoms with Crippen molar-refractivity contribution < 1.29 is 4.39 Å². The van der Waals surface area contributed by atoms with Crippen LogP contribution < -0.4 is 10.2 Å². The number of nitrogens with zero attached hydrogens (tertiary/aromatic N) is 1. The van der Waals surface area contributed by atoms with Crippen molar-refractivity contribution in [2.45, 2.75) is 32.1 Å². The summed E-state index contributed by atoms with van der Waals surface area (Å²) in [5.41, 5.74) is 1.94. The number of hydrogen-bond acceptors (Lipinski definition) is 2. The molecule has 3 heteroatoms. The fourth-order valence-corrected chi connectivity index (χ4v) is 3.32. The molecule has 1 atom stereocenters. The first-order chi connectivity index (χ1) is 9.33. The average Bonchev–Trinajstić information content (AvgIpc) is 2.94. The summed E-state index contributed by atoms with van der Waals surface area (Å²) < 4.78 is 14.2. The molecule has 2 fully saturated rings. The van der Waals surface area contributed by atoms with Crippen LogP contribution in [0.25, 0.3) is 0 Å². The first-order valence-corrected chi connectivity index (χ1v) is 7.57. The number of nitrogens with one attached hydrogen (secondary N) is 1. The van der Waals surface area contributed by atoms with Gasteiger partial charge in [0.1, 0.15) is 5.82 Å². The molecule has 1 aromatic rings. The van der Waals surface area contributed by atoms with Crippen LogP contribution >= 0.6 is 0 Å². The van der Waals surface area contributed by atoms with E-state index in [0.717, 1.165) is 43.9 Å². The minimum Gasteiger partial charge on any atom is -0.369 e. The zero-order valence-corrected chi connectivity index (χ0v) is 11.5. The molecular formula is C16H23FN2. The van der Waals surface area contributed by atoms with Crippen LogP contribution in [0, 0.1) is 11.7 Å². The molecular weight excluding hydrogens is 239 g/mol. The van der Waals surface area contributed by atoms with Gasteiger partial charge in [0.15, 0.2) is 0 Å². The van der Waals surface area contributed by atoms with Gasteiger partial charge >= 0.3 is 0 Å². The maximum absolute atomic E-state index is 14.2. The van der Waals surface area contributed by atoms with Crippen LogP contribution in [0.3, 0.4) is 0 Å². The first kappa shape index (κ1) is 12.9. The van der Waals surface area contributed by atoms with Crippen molar-refractivity contribution in [3.63, 3.8) is 0 Å². The van der Waals surface area contributed by atoms with E-state index in [1.54, 1.807) is 6.07 Å². The van der Waals surface area contributed by atoms with Crippen molar-refractivity contribution in [3.8, 4) is 0 Å². The molecule has 1 aromatic carbocycles. The highest BCUT2D eigenvalue weighted by Crippen LogP contribution is 2.26. The van der Waals surface area contributed by atoms with Crippen molar-refractivity contribution in [1.29, 1.82) is 0 Å². The van der Waals surface area contributed by atoms with Gasteiger partial charge in [-0.25, -0.2) is 4.39 Å². The molecule has 2 aliphatic rings. The second-order valence-corrected chi connectivity index (χ2v) is 5.90. The van der Waals surface area contributed by atoms with Crippen molar-refractivity contribution in [2.75, 3.05) is 31.1 Å². The molecule has 0 aliphatic carbocycles. The molecule has 3 rings (SSSR count). The Morgan fingerprint density at radius 2 is 2.05 bits per heavy atom. The summed E-state index contributed by atoms with van der Waals surface area (Å²) in [6.07, 6.45) is 5.90. The number of piperidine rings is 1. The van der Waals surface area contributed by atoms with E-state index in [9.17, 15) is 4.39 Å². The van der Waals surface area contributed by atoms with E-state index in [1.165, 1.54) is 25.7 Å². The summed E-state index contributed by atoms with van der Waals surface area (Å²) in [7, 11) is 0. The summed E-state index contributed by atoms with van der Waals surface area (Å²) >= 11 is 0. The molecule has 104 valence electrons. The molecule has 0 bridgehead atoms. The van der Waals surface area contributed by atoms with E-state index in [-0.39, 0.29) is 5.82 Å². The highest BCUT2D eigenvalue weighted by atomic mass is 19.1. The summed E-state index contributed by atoms with van der Waals surface area (Å²) in [6, 6.07) is 5.85. The van der Waals surface area contributed by atoms with Crippen molar-refractivity contribution in [1.82, 2.24) is 5.32 Å². The highest BCUT2D eigenvalue weighted by molar-refractivity contribution is 5.49. The molecule has 2 saturated heterocycles. The Morgan fingerprint density at radius 3 is 2.74 bits per heavy atom. The molecule has 0 saturated carbocycles. The molecule has 0 spiro atoms. The van der Waals surface area contributed by atoms with E-state index >= 15 is 0 Å². The van der Waals surface area contributed by atoms with Gasteiger partial charge in [-0.15, -0.1) is 0 Å². The van der Waals surface area contributed by atoms with Gasteiger partial charge in [-0.1, -0.05) is 6.07 Å². The Morgan fingerprint density at radius 1 is 1.21 bits per heavy atom. The highest BCUT2D eigenvalue weighted by Gasteiger charge is 2.18. The Hall–Kier alpha value is -1.09. The van der Waals surface area contributed by atoms with Gasteiger partial charge in [-0.05, 0) is 68.8 Å². The Balaban J connectivity index is 1.67. The average molecular weight is 262 g/mol. The van der Waals surface area contributed by atoms with E-state index in [4.69, 9.17) is 0 Å². The Bertz CT molecular complexity index is 421. The van der Waals surface area contributed by atoms with Crippen LogP contribution in [0.5, 0.6) is 0 Å². The van der Waals surface area contributed by atoms with Gasteiger partial charge in [-0.3, -0.25) is 0 Å². The fraction of sp³-hybridized carbons (Fsp3) is 0.625. The lowest BCUT2D eigenvalue weighted by Gasteiger charge is -2.23. The maximum Gasteiger partial charge on any atom is 0.146 e. The monoisotopic (exact) mass is 262 g/mol. The standard InChI is InChI=1S/C16H23FN2/c17-15-11-13(10-14-4-3-7-18-12-14)5-6-16(15)19-8-1-2-9-19/h5-6,11,14,18H,1-4,7-10,12H2. The second kappa shape index (κ2) is 5.91. The zero-order chi connectivity index (χ0) is 13.1. The van der Waals surface area contributed by atoms with Crippen LogP contribution in [0.1, 0.15) is 31.2 Å². The minimum absolute atomic E-state index is 0.0387. The van der Waals surface area contributed by atoms with Crippen LogP contribution in [0.2, 0.25) is 0 Å². The van der Waals surface area contributed by atoms with Crippen molar-refractivity contribution in [3.05, 3.63) is 29.6 Å². The summed E-state index contributed by atoms with van der Waals surface area (Å²) in [4.78, 5) is 2.17. The summed E-state index contributed by atoms with van der Waals surface area (Å²) in [6.45, 7) is 4.22. The SMILES string of the molecule is Fc1cc(CC2CCCNC2)ccc1N1CCCC1. The predicted octanol–water partition coefficient (Wildman–Crippen LogP) is 2.97. The summed E-state index contributed by atoms with van der Waals surface area (Å²) in [5, 5.41) is 3.42. The quantitative estimate of drug-likeness (QED) is 0.901. The van der Waals surface area contributed by atoms with Gasteiger partial charge in [0, 0.05) is 13.1 Å². The molecule has 0 aromatic heterocycles. The molecule has 2 nitrogen and oxygen atoms in total. The smallest absolute Gasteiger partial charge is 0.146 e. The van der Waals surface area contributed by atoms with Crippen molar-refractivity contribution >= 4 is 5.69 Å². The number of benzene rings is 1. The van der Waals surface area contributed by atoms with Crippen molar-refractivity contribution in [2.24, 2.45) is 5.92 Å². The largest absolute Gasteiger partial charge is 0.369 e. The van der Waals surface area contributed by atoms with E-state index < -0.39 is 0 Å². The normalized spacial score (nSPS) is 23.8. The number of halogens is 1. The molecule has 1 N–H and O–H groups in total. The summed E-state index contributed by atoms with van der Waals surface area (Å²) in [5.74, 6) is 0.633. The third-order valence-corrected chi connectivity index (χ3v) is 4.38. The van der Waals surface area contributed by atoms with Gasteiger partial charge in [0.25, 0.3) is 0 Å². The lowest BCUT2D eigenvalue weighted by Crippen LogP contribution is -2.30. The molecule has 0 amide bonds. The number of hydrogen-bond donors (Lipinski definition) is 1. The van der Waals surface area contributed by atoms with Gasteiger partial charge < -0.3 is 10.2 Å². The molecule has 19 heavy (non-hydrogen) atoms. The third-order valence-electron chi connectivity index (χ3n) is 4.38. The zero-order valence-electron chi connectivity index (χ0n) is 11.5. The van der Waals surface area contributed by atoms with Gasteiger partial charge in [0.05, 0.1) is 5.69 Å². The van der Waals surface area contributed by atoms with Crippen LogP contribution in [0.4, 0.5) is 10.1 Å². The van der Waals surface area contributed by atoms with Crippen LogP contribution in [-0.2, 0) is 6.42 Å². The lowest BCUT2D eigenvalue weighted by atomic mass is 9.92. The maximum atomic E-state index is 14.2. The topological polar surface area (TPSA) is 15.3 Å². The number of rotatable bonds is 3. The van der Waals surface area contributed by atoms with Crippen LogP contribution in [-0.4, -0.2) is 26.2 Å².